The first-order valence-corrected chi connectivity index (χ1v) is 6.90. The van der Waals surface area contributed by atoms with Crippen molar-refractivity contribution >= 4 is 21.9 Å². The highest BCUT2D eigenvalue weighted by molar-refractivity contribution is 9.09. The van der Waals surface area contributed by atoms with Crippen molar-refractivity contribution in [3.05, 3.63) is 0 Å². The van der Waals surface area contributed by atoms with Gasteiger partial charge in [-0.2, -0.15) is 0 Å². The minimum absolute atomic E-state index is 0.0644. The van der Waals surface area contributed by atoms with Crippen LogP contribution in [-0.4, -0.2) is 17.9 Å². The summed E-state index contributed by atoms with van der Waals surface area (Å²) in [5.74, 6) is -0.0644. The van der Waals surface area contributed by atoms with E-state index in [-0.39, 0.29) is 11.4 Å². The zero-order valence-electron chi connectivity index (χ0n) is 10.1. The normalized spacial score (nSPS) is 11.5. The van der Waals surface area contributed by atoms with Crippen LogP contribution in [0.4, 0.5) is 0 Å². The Morgan fingerprint density at radius 2 is 1.80 bits per heavy atom. The van der Waals surface area contributed by atoms with E-state index in [0.29, 0.717) is 6.61 Å². The smallest absolute Gasteiger partial charge is 0.311 e. The van der Waals surface area contributed by atoms with Crippen molar-refractivity contribution in [2.24, 2.45) is 5.41 Å². The minimum Gasteiger partial charge on any atom is -0.466 e. The Hall–Kier alpha value is -0.0500. The maximum atomic E-state index is 11.6. The first-order chi connectivity index (χ1) is 7.04. The fraction of sp³-hybridized carbons (Fsp3) is 0.917. The predicted molar refractivity (Wildman–Crippen MR) is 67.3 cm³/mol. The van der Waals surface area contributed by atoms with Gasteiger partial charge in [0.25, 0.3) is 0 Å². The molecule has 0 heterocycles. The summed E-state index contributed by atoms with van der Waals surface area (Å²) in [6, 6.07) is 0. The highest BCUT2D eigenvalue weighted by Gasteiger charge is 2.28. The summed E-state index contributed by atoms with van der Waals surface area (Å²) in [5, 5.41) is 1.08. The van der Waals surface area contributed by atoms with Crippen LogP contribution < -0.4 is 0 Å². The molecule has 0 atom stereocenters. The van der Waals surface area contributed by atoms with Gasteiger partial charge in [0.1, 0.15) is 0 Å². The van der Waals surface area contributed by atoms with Gasteiger partial charge in [-0.1, -0.05) is 35.2 Å². The second kappa shape index (κ2) is 8.14. The SMILES string of the molecule is CCOC(=O)C(C)(C)CCCCCCBr. The average molecular weight is 279 g/mol. The molecule has 15 heavy (non-hydrogen) atoms. The maximum Gasteiger partial charge on any atom is 0.311 e. The van der Waals surface area contributed by atoms with Gasteiger partial charge in [-0.05, 0) is 33.6 Å². The number of esters is 1. The molecule has 2 nitrogen and oxygen atoms in total. The third kappa shape index (κ3) is 6.93. The van der Waals surface area contributed by atoms with E-state index in [4.69, 9.17) is 4.74 Å². The van der Waals surface area contributed by atoms with Crippen molar-refractivity contribution in [3.63, 3.8) is 0 Å². The van der Waals surface area contributed by atoms with Crippen molar-refractivity contribution < 1.29 is 9.53 Å². The lowest BCUT2D eigenvalue weighted by Crippen LogP contribution is -2.26. The lowest BCUT2D eigenvalue weighted by atomic mass is 9.87. The first-order valence-electron chi connectivity index (χ1n) is 5.77. The molecular weight excluding hydrogens is 256 g/mol. The topological polar surface area (TPSA) is 26.3 Å². The molecule has 0 bridgehead atoms. The molecule has 90 valence electrons. The van der Waals surface area contributed by atoms with Crippen molar-refractivity contribution in [2.45, 2.75) is 52.9 Å². The van der Waals surface area contributed by atoms with Gasteiger partial charge in [0.2, 0.25) is 0 Å². The number of alkyl halides is 1. The van der Waals surface area contributed by atoms with E-state index in [1.165, 1.54) is 19.3 Å². The number of halogens is 1. The van der Waals surface area contributed by atoms with Crippen LogP contribution in [0.2, 0.25) is 0 Å². The maximum absolute atomic E-state index is 11.6. The Morgan fingerprint density at radius 1 is 1.20 bits per heavy atom. The summed E-state index contributed by atoms with van der Waals surface area (Å²) in [4.78, 5) is 11.6. The summed E-state index contributed by atoms with van der Waals surface area (Å²) in [6.07, 6.45) is 5.70. The lowest BCUT2D eigenvalue weighted by molar-refractivity contribution is -0.153. The molecule has 0 unspecified atom stereocenters. The predicted octanol–water partition coefficient (Wildman–Crippen LogP) is 3.92. The molecule has 0 aromatic heterocycles. The monoisotopic (exact) mass is 278 g/mol. The molecule has 0 saturated heterocycles. The molecule has 0 N–H and O–H groups in total. The highest BCUT2D eigenvalue weighted by Crippen LogP contribution is 2.25. The molecule has 0 saturated carbocycles. The molecule has 0 amide bonds. The number of ether oxygens (including phenoxy) is 1. The van der Waals surface area contributed by atoms with Crippen LogP contribution in [0.25, 0.3) is 0 Å². The van der Waals surface area contributed by atoms with Crippen molar-refractivity contribution in [1.29, 1.82) is 0 Å². The summed E-state index contributed by atoms with van der Waals surface area (Å²) >= 11 is 3.41. The summed E-state index contributed by atoms with van der Waals surface area (Å²) in [5.41, 5.74) is -0.315. The lowest BCUT2D eigenvalue weighted by Gasteiger charge is -2.21. The van der Waals surface area contributed by atoms with Crippen molar-refractivity contribution in [1.82, 2.24) is 0 Å². The van der Waals surface area contributed by atoms with E-state index in [2.05, 4.69) is 15.9 Å². The van der Waals surface area contributed by atoms with Crippen LogP contribution in [0.3, 0.4) is 0 Å². The molecule has 0 aliphatic heterocycles. The second-order valence-electron chi connectivity index (χ2n) is 4.46. The Labute approximate surface area is 102 Å². The third-order valence-corrected chi connectivity index (χ3v) is 3.07. The van der Waals surface area contributed by atoms with Gasteiger partial charge in [-0.15, -0.1) is 0 Å². The van der Waals surface area contributed by atoms with E-state index < -0.39 is 0 Å². The Balaban J connectivity index is 3.68. The quantitative estimate of drug-likeness (QED) is 0.382. The van der Waals surface area contributed by atoms with Crippen LogP contribution in [0, 0.1) is 5.41 Å². The van der Waals surface area contributed by atoms with Gasteiger partial charge < -0.3 is 4.74 Å². The van der Waals surface area contributed by atoms with Gasteiger partial charge in [-0.3, -0.25) is 4.79 Å². The van der Waals surface area contributed by atoms with E-state index in [9.17, 15) is 4.79 Å². The number of hydrogen-bond acceptors (Lipinski definition) is 2. The number of carbonyl (C=O) groups excluding carboxylic acids is 1. The van der Waals surface area contributed by atoms with E-state index in [1.54, 1.807) is 0 Å². The first kappa shape index (κ1) is 14.9. The van der Waals surface area contributed by atoms with Crippen LogP contribution in [0.15, 0.2) is 0 Å². The number of carbonyl (C=O) groups is 1. The zero-order valence-corrected chi connectivity index (χ0v) is 11.7. The van der Waals surface area contributed by atoms with Gasteiger partial charge >= 0.3 is 5.97 Å². The molecule has 0 aliphatic carbocycles. The molecular formula is C12H23BrO2. The average Bonchev–Trinajstić information content (AvgIpc) is 2.18. The second-order valence-corrected chi connectivity index (χ2v) is 5.25. The standard InChI is InChI=1S/C12H23BrO2/c1-4-15-11(14)12(2,3)9-7-5-6-8-10-13/h4-10H2,1-3H3. The third-order valence-electron chi connectivity index (χ3n) is 2.51. The molecule has 3 heteroatoms. The molecule has 0 spiro atoms. The number of rotatable bonds is 8. The minimum atomic E-state index is -0.315. The molecule has 0 fully saturated rings. The molecule has 0 rings (SSSR count). The Morgan fingerprint density at radius 3 is 2.33 bits per heavy atom. The van der Waals surface area contributed by atoms with Crippen LogP contribution in [0.5, 0.6) is 0 Å². The Bertz CT molecular complexity index is 178. The summed E-state index contributed by atoms with van der Waals surface area (Å²) < 4.78 is 5.04. The van der Waals surface area contributed by atoms with Gasteiger partial charge in [0.05, 0.1) is 12.0 Å². The van der Waals surface area contributed by atoms with Crippen LogP contribution >= 0.6 is 15.9 Å². The summed E-state index contributed by atoms with van der Waals surface area (Å²) in [7, 11) is 0. The van der Waals surface area contributed by atoms with Gasteiger partial charge in [-0.25, -0.2) is 0 Å². The van der Waals surface area contributed by atoms with E-state index in [0.717, 1.165) is 18.2 Å². The number of unbranched alkanes of at least 4 members (excludes halogenated alkanes) is 3. The molecule has 0 radical (unpaired) electrons. The fourth-order valence-electron chi connectivity index (χ4n) is 1.44. The van der Waals surface area contributed by atoms with Crippen LogP contribution in [0.1, 0.15) is 52.9 Å². The molecule has 0 aromatic rings. The largest absolute Gasteiger partial charge is 0.466 e. The van der Waals surface area contributed by atoms with E-state index in [1.807, 2.05) is 20.8 Å². The fourth-order valence-corrected chi connectivity index (χ4v) is 1.84. The van der Waals surface area contributed by atoms with Gasteiger partial charge in [0.15, 0.2) is 0 Å². The highest BCUT2D eigenvalue weighted by atomic mass is 79.9. The van der Waals surface area contributed by atoms with Crippen molar-refractivity contribution in [2.75, 3.05) is 11.9 Å². The zero-order chi connectivity index (χ0) is 11.7. The van der Waals surface area contributed by atoms with Crippen molar-refractivity contribution in [3.8, 4) is 0 Å². The summed E-state index contributed by atoms with van der Waals surface area (Å²) in [6.45, 7) is 6.26. The molecule has 0 aliphatic rings. The number of hydrogen-bond donors (Lipinski definition) is 0. The van der Waals surface area contributed by atoms with Gasteiger partial charge in [0, 0.05) is 5.33 Å². The Kier molecular flexibility index (Phi) is 8.12. The van der Waals surface area contributed by atoms with E-state index >= 15 is 0 Å². The molecule has 0 aromatic carbocycles. The van der Waals surface area contributed by atoms with Crippen LogP contribution in [-0.2, 0) is 9.53 Å².